The maximum atomic E-state index is 13.4. The SMILES string of the molecule is CC(=O)Oc1c2c(c(O)c3sccc13)C(=O)C1=C(CC3(CC1)OCCO3)C2=O. The molecule has 0 radical (unpaired) electrons. The summed E-state index contributed by atoms with van der Waals surface area (Å²) in [6, 6.07) is 1.66. The second-order valence-corrected chi connectivity index (χ2v) is 8.00. The Bertz CT molecular complexity index is 1100. The zero-order valence-electron chi connectivity index (χ0n) is 15.0. The molecule has 0 unspecified atom stereocenters. The fraction of sp³-hybridized carbons (Fsp3) is 0.350. The van der Waals surface area contributed by atoms with Crippen molar-refractivity contribution in [3.63, 3.8) is 0 Å². The fourth-order valence-electron chi connectivity index (χ4n) is 4.28. The van der Waals surface area contributed by atoms with Crippen molar-refractivity contribution >= 4 is 39.0 Å². The van der Waals surface area contributed by atoms with Crippen LogP contribution in [0.3, 0.4) is 0 Å². The second kappa shape index (κ2) is 5.97. The molecule has 1 aliphatic heterocycles. The van der Waals surface area contributed by atoms with Crippen LogP contribution in [0.25, 0.3) is 10.1 Å². The van der Waals surface area contributed by atoms with E-state index in [-0.39, 0.29) is 29.0 Å². The molecule has 2 heterocycles. The summed E-state index contributed by atoms with van der Waals surface area (Å²) in [5.41, 5.74) is 0.548. The lowest BCUT2D eigenvalue weighted by molar-refractivity contribution is -0.162. The smallest absolute Gasteiger partial charge is 0.308 e. The molecule has 144 valence electrons. The highest BCUT2D eigenvalue weighted by Crippen LogP contribution is 2.50. The van der Waals surface area contributed by atoms with Gasteiger partial charge in [0.05, 0.1) is 29.0 Å². The summed E-state index contributed by atoms with van der Waals surface area (Å²) in [7, 11) is 0. The van der Waals surface area contributed by atoms with Gasteiger partial charge in [0.1, 0.15) is 5.75 Å². The van der Waals surface area contributed by atoms with Gasteiger partial charge in [0.15, 0.2) is 23.1 Å². The van der Waals surface area contributed by atoms with E-state index in [9.17, 15) is 19.5 Å². The van der Waals surface area contributed by atoms with Crippen molar-refractivity contribution < 1.29 is 33.7 Å². The van der Waals surface area contributed by atoms with Crippen LogP contribution in [-0.2, 0) is 14.3 Å². The van der Waals surface area contributed by atoms with Crippen molar-refractivity contribution in [3.05, 3.63) is 33.7 Å². The van der Waals surface area contributed by atoms with Crippen LogP contribution < -0.4 is 4.74 Å². The van der Waals surface area contributed by atoms with Crippen LogP contribution in [0, 0.1) is 0 Å². The molecule has 2 aliphatic carbocycles. The van der Waals surface area contributed by atoms with E-state index in [0.29, 0.717) is 47.3 Å². The molecule has 28 heavy (non-hydrogen) atoms. The van der Waals surface area contributed by atoms with Crippen LogP contribution >= 0.6 is 11.3 Å². The molecule has 1 aromatic carbocycles. The highest BCUT2D eigenvalue weighted by Gasteiger charge is 2.48. The highest BCUT2D eigenvalue weighted by molar-refractivity contribution is 7.17. The zero-order valence-corrected chi connectivity index (χ0v) is 15.8. The number of carbonyl (C=O) groups is 3. The van der Waals surface area contributed by atoms with Gasteiger partial charge in [-0.2, -0.15) is 0 Å². The average molecular weight is 400 g/mol. The molecule has 8 heteroatoms. The molecule has 1 spiro atoms. The number of Topliss-reactive ketones (excluding diaryl/α,β-unsaturated/α-hetero) is 2. The lowest BCUT2D eigenvalue weighted by atomic mass is 9.74. The van der Waals surface area contributed by atoms with Gasteiger partial charge in [-0.3, -0.25) is 14.4 Å². The molecule has 1 fully saturated rings. The van der Waals surface area contributed by atoms with E-state index in [0.717, 1.165) is 0 Å². The van der Waals surface area contributed by atoms with E-state index < -0.39 is 23.3 Å². The van der Waals surface area contributed by atoms with Crippen LogP contribution in [0.2, 0.25) is 0 Å². The number of benzene rings is 1. The number of ketones is 2. The molecular weight excluding hydrogens is 384 g/mol. The van der Waals surface area contributed by atoms with Crippen molar-refractivity contribution in [1.29, 1.82) is 0 Å². The van der Waals surface area contributed by atoms with Gasteiger partial charge in [-0.1, -0.05) is 0 Å². The van der Waals surface area contributed by atoms with Gasteiger partial charge in [0, 0.05) is 36.3 Å². The summed E-state index contributed by atoms with van der Waals surface area (Å²) >= 11 is 1.22. The van der Waals surface area contributed by atoms with Gasteiger partial charge in [-0.25, -0.2) is 0 Å². The Morgan fingerprint density at radius 3 is 2.61 bits per heavy atom. The Morgan fingerprint density at radius 1 is 1.18 bits per heavy atom. The number of allylic oxidation sites excluding steroid dienone is 1. The van der Waals surface area contributed by atoms with Crippen molar-refractivity contribution in [2.45, 2.75) is 32.0 Å². The molecule has 0 atom stereocenters. The lowest BCUT2D eigenvalue weighted by Crippen LogP contribution is -2.38. The molecular formula is C20H16O7S. The number of esters is 1. The number of thiophene rings is 1. The van der Waals surface area contributed by atoms with Crippen LogP contribution in [0.1, 0.15) is 46.9 Å². The molecule has 1 aromatic heterocycles. The summed E-state index contributed by atoms with van der Waals surface area (Å²) < 4.78 is 17.2. The standard InChI is InChI=1S/C20H16O7S/c1-9(21)27-18-11-3-7-28-19(11)17(24)13-14(18)16(23)12-8-20(25-5-6-26-20)4-2-10(12)15(13)22/h3,7,24H,2,4-6,8H2,1H3. The number of aromatic hydroxyl groups is 1. The van der Waals surface area contributed by atoms with E-state index in [4.69, 9.17) is 14.2 Å². The summed E-state index contributed by atoms with van der Waals surface area (Å²) in [6.07, 6.45) is 0.956. The van der Waals surface area contributed by atoms with Gasteiger partial charge in [-0.15, -0.1) is 11.3 Å². The first-order valence-electron chi connectivity index (χ1n) is 8.96. The first-order chi connectivity index (χ1) is 13.4. The third kappa shape index (κ3) is 2.32. The van der Waals surface area contributed by atoms with Crippen molar-refractivity contribution in [1.82, 2.24) is 0 Å². The highest BCUT2D eigenvalue weighted by atomic mass is 32.1. The van der Waals surface area contributed by atoms with Crippen LogP contribution in [0.5, 0.6) is 11.5 Å². The first-order valence-corrected chi connectivity index (χ1v) is 9.84. The molecule has 3 aliphatic rings. The molecule has 0 amide bonds. The summed E-state index contributed by atoms with van der Waals surface area (Å²) in [5, 5.41) is 12.9. The van der Waals surface area contributed by atoms with Crippen molar-refractivity contribution in [3.8, 4) is 11.5 Å². The number of hydrogen-bond acceptors (Lipinski definition) is 8. The average Bonchev–Trinajstić information content (AvgIpc) is 3.32. The van der Waals surface area contributed by atoms with Gasteiger partial charge in [0.25, 0.3) is 0 Å². The van der Waals surface area contributed by atoms with Crippen LogP contribution in [0.15, 0.2) is 22.6 Å². The van der Waals surface area contributed by atoms with Gasteiger partial charge in [-0.05, 0) is 17.9 Å². The topological polar surface area (TPSA) is 99.1 Å². The van der Waals surface area contributed by atoms with E-state index in [1.165, 1.54) is 18.3 Å². The van der Waals surface area contributed by atoms with Crippen molar-refractivity contribution in [2.24, 2.45) is 0 Å². The molecule has 0 bridgehead atoms. The van der Waals surface area contributed by atoms with Crippen molar-refractivity contribution in [2.75, 3.05) is 13.2 Å². The van der Waals surface area contributed by atoms with Crippen LogP contribution in [0.4, 0.5) is 0 Å². The third-order valence-corrected chi connectivity index (χ3v) is 6.39. The number of hydrogen-bond donors (Lipinski definition) is 1. The predicted molar refractivity (Wildman–Crippen MR) is 99.0 cm³/mol. The van der Waals surface area contributed by atoms with E-state index >= 15 is 0 Å². The number of rotatable bonds is 1. The minimum Gasteiger partial charge on any atom is -0.506 e. The minimum absolute atomic E-state index is 0.0225. The normalized spacial score (nSPS) is 20.6. The van der Waals surface area contributed by atoms with Gasteiger partial charge in [0.2, 0.25) is 0 Å². The molecule has 0 saturated carbocycles. The second-order valence-electron chi connectivity index (χ2n) is 7.08. The Morgan fingerprint density at radius 2 is 1.89 bits per heavy atom. The van der Waals surface area contributed by atoms with E-state index in [1.807, 2.05) is 0 Å². The van der Waals surface area contributed by atoms with Gasteiger partial charge >= 0.3 is 5.97 Å². The summed E-state index contributed by atoms with van der Waals surface area (Å²) in [6.45, 7) is 2.11. The quantitative estimate of drug-likeness (QED) is 0.580. The number of carbonyl (C=O) groups excluding carboxylic acids is 3. The Hall–Kier alpha value is -2.55. The minimum atomic E-state index is -0.887. The number of fused-ring (bicyclic) bond motifs is 2. The lowest BCUT2D eigenvalue weighted by Gasteiger charge is -2.35. The summed E-state index contributed by atoms with van der Waals surface area (Å²) in [5.74, 6) is -2.55. The molecule has 7 nitrogen and oxygen atoms in total. The zero-order chi connectivity index (χ0) is 19.6. The Kier molecular flexibility index (Phi) is 3.74. The monoisotopic (exact) mass is 400 g/mol. The Labute approximate surface area is 163 Å². The maximum Gasteiger partial charge on any atom is 0.308 e. The largest absolute Gasteiger partial charge is 0.506 e. The third-order valence-electron chi connectivity index (χ3n) is 5.47. The molecule has 1 N–H and O–H groups in total. The van der Waals surface area contributed by atoms with E-state index in [2.05, 4.69) is 0 Å². The Balaban J connectivity index is 1.75. The first kappa shape index (κ1) is 17.5. The molecule has 1 saturated heterocycles. The fourth-order valence-corrected chi connectivity index (χ4v) is 5.12. The molecule has 2 aromatic rings. The summed E-state index contributed by atoms with van der Waals surface area (Å²) in [4.78, 5) is 38.4. The number of phenols is 1. The van der Waals surface area contributed by atoms with Crippen LogP contribution in [-0.4, -0.2) is 41.6 Å². The van der Waals surface area contributed by atoms with Gasteiger partial charge < -0.3 is 19.3 Å². The molecule has 5 rings (SSSR count). The number of ether oxygens (including phenoxy) is 3. The maximum absolute atomic E-state index is 13.4. The predicted octanol–water partition coefficient (Wildman–Crippen LogP) is 3.13. The van der Waals surface area contributed by atoms with E-state index in [1.54, 1.807) is 11.4 Å². The number of phenolic OH excluding ortho intramolecular Hbond substituents is 1.